The van der Waals surface area contributed by atoms with Crippen molar-refractivity contribution in [3.63, 3.8) is 0 Å². The van der Waals surface area contributed by atoms with Gasteiger partial charge in [-0.3, -0.25) is 0 Å². The fourth-order valence-corrected chi connectivity index (χ4v) is 8.33. The van der Waals surface area contributed by atoms with Crippen LogP contribution in [0.15, 0.2) is 112 Å². The molecule has 2 aromatic heterocycles. The van der Waals surface area contributed by atoms with Crippen LogP contribution in [0, 0.1) is 0 Å². The van der Waals surface area contributed by atoms with E-state index < -0.39 is 0 Å². The maximum Gasteiger partial charge on any atom is 0.231 e. The molecule has 2 aromatic rings. The van der Waals surface area contributed by atoms with Gasteiger partial charge in [0.25, 0.3) is 0 Å². The molecule has 44 heavy (non-hydrogen) atoms. The van der Waals surface area contributed by atoms with Crippen LogP contribution >= 0.6 is 41.2 Å². The van der Waals surface area contributed by atoms with Crippen molar-refractivity contribution in [3.8, 4) is 0 Å². The lowest BCUT2D eigenvalue weighted by molar-refractivity contribution is 0.787. The molecule has 0 aliphatic heterocycles. The van der Waals surface area contributed by atoms with E-state index in [0.29, 0.717) is 86.5 Å². The van der Waals surface area contributed by atoms with Gasteiger partial charge in [-0.1, -0.05) is 48.6 Å². The average molecular weight is 669 g/mol. The molecule has 0 radical (unpaired) electrons. The van der Waals surface area contributed by atoms with E-state index in [0.717, 1.165) is 0 Å². The van der Waals surface area contributed by atoms with E-state index in [1.807, 2.05) is 19.6 Å². The van der Waals surface area contributed by atoms with Crippen LogP contribution in [0.3, 0.4) is 0 Å². The molecule has 0 aliphatic rings. The van der Waals surface area contributed by atoms with Gasteiger partial charge in [0, 0.05) is 52.4 Å². The zero-order chi connectivity index (χ0) is 32.2. The minimum atomic E-state index is 0.537. The lowest BCUT2D eigenvalue weighted by Gasteiger charge is -2.24. The Morgan fingerprint density at radius 2 is 0.568 bits per heavy atom. The zero-order valence-corrected chi connectivity index (χ0v) is 28.3. The van der Waals surface area contributed by atoms with E-state index in [1.165, 1.54) is 41.2 Å². The van der Waals surface area contributed by atoms with E-state index in [4.69, 9.17) is 29.9 Å². The minimum absolute atomic E-state index is 0.537. The zero-order valence-electron chi connectivity index (χ0n) is 25.0. The third-order valence-corrected chi connectivity index (χ3v) is 10.9. The second kappa shape index (κ2) is 21.3. The Hall–Kier alpha value is -3.46. The number of hydrogen-bond acceptors (Lipinski definition) is 14. The monoisotopic (exact) mass is 668 g/mol. The van der Waals surface area contributed by atoms with Crippen LogP contribution in [0.1, 0.15) is 0 Å². The van der Waals surface area contributed by atoms with E-state index in [9.17, 15) is 0 Å². The number of nitrogens with zero attached hydrogens (tertiary/aromatic N) is 10. The number of anilines is 4. The summed E-state index contributed by atoms with van der Waals surface area (Å²) in [6, 6.07) is 0. The molecule has 0 atom stereocenters. The second-order valence-electron chi connectivity index (χ2n) is 8.67. The second-order valence-corrected chi connectivity index (χ2v) is 14.3. The molecule has 0 saturated heterocycles. The van der Waals surface area contributed by atoms with Crippen molar-refractivity contribution in [1.29, 1.82) is 0 Å². The van der Waals surface area contributed by atoms with E-state index in [-0.39, 0.29) is 0 Å². The molecule has 0 spiro atoms. The summed E-state index contributed by atoms with van der Waals surface area (Å²) < 4.78 is 0. The van der Waals surface area contributed by atoms with E-state index in [2.05, 4.69) is 52.6 Å². The van der Waals surface area contributed by atoms with Crippen molar-refractivity contribution in [1.82, 2.24) is 29.9 Å². The van der Waals surface area contributed by atoms with Gasteiger partial charge in [-0.15, -0.1) is 52.6 Å². The number of hydrogen-bond donors (Lipinski definition) is 0. The van der Waals surface area contributed by atoms with E-state index >= 15 is 0 Å². The van der Waals surface area contributed by atoms with Crippen LogP contribution in [0.25, 0.3) is 0 Å². The van der Waals surface area contributed by atoms with Crippen molar-refractivity contribution in [2.24, 2.45) is 0 Å². The van der Waals surface area contributed by atoms with Crippen molar-refractivity contribution in [2.45, 2.75) is 10.3 Å². The third-order valence-electron chi connectivity index (χ3n) is 5.35. The Morgan fingerprint density at radius 3 is 0.750 bits per heavy atom. The van der Waals surface area contributed by atoms with Crippen LogP contribution in [0.4, 0.5) is 23.8 Å². The molecule has 2 heterocycles. The molecule has 10 nitrogen and oxygen atoms in total. The molecule has 0 saturated carbocycles. The molecule has 0 amide bonds. The van der Waals surface area contributed by atoms with Crippen LogP contribution in [-0.2, 0) is 0 Å². The fraction of sp³-hybridized carbons (Fsp3) is 0.267. The van der Waals surface area contributed by atoms with Crippen LogP contribution < -0.4 is 19.6 Å². The first kappa shape index (κ1) is 36.7. The average Bonchev–Trinajstić information content (AvgIpc) is 3.02. The van der Waals surface area contributed by atoms with Crippen molar-refractivity contribution in [3.05, 3.63) is 101 Å². The molecular formula is C30H40N10S4. The molecule has 2 rings (SSSR count). The smallest absolute Gasteiger partial charge is 0.231 e. The van der Waals surface area contributed by atoms with Crippen LogP contribution in [-0.4, -0.2) is 82.3 Å². The lowest BCUT2D eigenvalue weighted by atomic mass is 10.4. The summed E-state index contributed by atoms with van der Waals surface area (Å²) in [5, 5.41) is 1.12. The van der Waals surface area contributed by atoms with E-state index in [1.54, 1.807) is 48.6 Å². The van der Waals surface area contributed by atoms with Gasteiger partial charge < -0.3 is 19.6 Å². The van der Waals surface area contributed by atoms with Gasteiger partial charge >= 0.3 is 0 Å². The summed E-state index contributed by atoms with van der Waals surface area (Å²) >= 11 is 0. The highest BCUT2D eigenvalue weighted by atomic mass is 33.7. The molecule has 0 unspecified atom stereocenters. The van der Waals surface area contributed by atoms with Gasteiger partial charge in [0.1, 0.15) is 0 Å². The molecular weight excluding hydrogens is 629 g/mol. The SMILES string of the molecule is C=CCN(CC=C)c1nc(SSSSc2nc(N(CC=C)CC=C)nc(N(CC=C)CC=C)n2)nc(N(CC=C)CC=C)n1. The quantitative estimate of drug-likeness (QED) is 0.0626. The Labute approximate surface area is 277 Å². The van der Waals surface area contributed by atoms with Gasteiger partial charge in [-0.25, -0.2) is 0 Å². The van der Waals surface area contributed by atoms with Gasteiger partial charge in [0.05, 0.1) is 0 Å². The Bertz CT molecular complexity index is 1070. The molecule has 0 aliphatic carbocycles. The topological polar surface area (TPSA) is 90.3 Å². The summed E-state index contributed by atoms with van der Waals surface area (Å²) in [6.45, 7) is 35.5. The highest BCUT2D eigenvalue weighted by Crippen LogP contribution is 2.48. The molecule has 14 heteroatoms. The third kappa shape index (κ3) is 11.9. The molecule has 0 aromatic carbocycles. The van der Waals surface area contributed by atoms with Gasteiger partial charge in [0.15, 0.2) is 0 Å². The predicted octanol–water partition coefficient (Wildman–Crippen LogP) is 6.87. The molecule has 234 valence electrons. The summed E-state index contributed by atoms with van der Waals surface area (Å²) in [7, 11) is 5.84. The molecule has 0 fully saturated rings. The first-order chi connectivity index (χ1) is 21.5. The van der Waals surface area contributed by atoms with Crippen molar-refractivity contribution >= 4 is 65.0 Å². The van der Waals surface area contributed by atoms with Crippen LogP contribution in [0.5, 0.6) is 0 Å². The van der Waals surface area contributed by atoms with Gasteiger partial charge in [-0.2, -0.15) is 29.9 Å². The number of aromatic nitrogens is 6. The summed E-state index contributed by atoms with van der Waals surface area (Å²) in [5.41, 5.74) is 0. The largest absolute Gasteiger partial charge is 0.333 e. The highest BCUT2D eigenvalue weighted by molar-refractivity contribution is 9.26. The summed E-state index contributed by atoms with van der Waals surface area (Å²) in [4.78, 5) is 36.3. The maximum atomic E-state index is 4.74. The maximum absolute atomic E-state index is 4.74. The first-order valence-corrected chi connectivity index (χ1v) is 18.4. The van der Waals surface area contributed by atoms with Gasteiger partial charge in [-0.05, 0) is 41.2 Å². The lowest BCUT2D eigenvalue weighted by Crippen LogP contribution is -2.29. The Balaban J connectivity index is 2.34. The fourth-order valence-electron chi connectivity index (χ4n) is 3.60. The van der Waals surface area contributed by atoms with Crippen LogP contribution in [0.2, 0.25) is 0 Å². The predicted molar refractivity (Wildman–Crippen MR) is 197 cm³/mol. The Kier molecular flexibility index (Phi) is 17.8. The summed E-state index contributed by atoms with van der Waals surface area (Å²) in [5.74, 6) is 2.15. The van der Waals surface area contributed by atoms with Crippen molar-refractivity contribution in [2.75, 3.05) is 72.0 Å². The first-order valence-electron chi connectivity index (χ1n) is 13.5. The summed E-state index contributed by atoms with van der Waals surface area (Å²) in [6.07, 6.45) is 14.4. The van der Waals surface area contributed by atoms with Gasteiger partial charge in [0.2, 0.25) is 34.1 Å². The minimum Gasteiger partial charge on any atom is -0.333 e. The standard InChI is InChI=1S/C30H40N10S4/c1-9-17-37(18-10-2)25-31-26(38(19-11-3)20-12-4)34-29(33-25)41-43-44-42-30-35-27(39(21-13-5)22-14-6)32-28(36-30)40(23-15-7)24-16-8/h9-16H,1-8,17-24H2. The highest BCUT2D eigenvalue weighted by Gasteiger charge is 2.18. The molecule has 0 bridgehead atoms. The number of rotatable bonds is 25. The van der Waals surface area contributed by atoms with Crippen molar-refractivity contribution < 1.29 is 0 Å². The normalized spacial score (nSPS) is 10.3. The molecule has 0 N–H and O–H groups in total. The Morgan fingerprint density at radius 1 is 0.364 bits per heavy atom.